The van der Waals surface area contributed by atoms with Crippen molar-refractivity contribution in [2.24, 2.45) is 5.73 Å². The van der Waals surface area contributed by atoms with Crippen LogP contribution in [0.2, 0.25) is 5.15 Å². The van der Waals surface area contributed by atoms with Gasteiger partial charge in [0.05, 0.1) is 6.42 Å². The van der Waals surface area contributed by atoms with Gasteiger partial charge in [-0.1, -0.05) is 11.6 Å². The predicted molar refractivity (Wildman–Crippen MR) is 61.9 cm³/mol. The second-order valence-corrected chi connectivity index (χ2v) is 3.79. The van der Waals surface area contributed by atoms with E-state index >= 15 is 0 Å². The Balaban J connectivity index is 2.78. The van der Waals surface area contributed by atoms with E-state index in [1.165, 1.54) is 18.3 Å². The average Bonchev–Trinajstić information content (AvgIpc) is 2.27. The van der Waals surface area contributed by atoms with E-state index in [2.05, 4.69) is 10.3 Å². The topological polar surface area (TPSA) is 122 Å². The molecular weight excluding hydrogens is 262 g/mol. The molecule has 1 heterocycles. The zero-order valence-electron chi connectivity index (χ0n) is 9.09. The van der Waals surface area contributed by atoms with E-state index in [4.69, 9.17) is 22.4 Å². The average molecular weight is 272 g/mol. The summed E-state index contributed by atoms with van der Waals surface area (Å²) in [5.41, 5.74) is 5.03. The molecule has 0 radical (unpaired) electrons. The first-order chi connectivity index (χ1) is 8.40. The van der Waals surface area contributed by atoms with Crippen LogP contribution in [0, 0.1) is 0 Å². The van der Waals surface area contributed by atoms with Gasteiger partial charge in [0.2, 0.25) is 5.91 Å². The molecule has 0 aromatic carbocycles. The zero-order valence-corrected chi connectivity index (χ0v) is 9.85. The van der Waals surface area contributed by atoms with Gasteiger partial charge in [0.1, 0.15) is 11.2 Å². The maximum absolute atomic E-state index is 11.7. The molecule has 18 heavy (non-hydrogen) atoms. The Labute approximate surface area is 107 Å². The van der Waals surface area contributed by atoms with E-state index in [1.807, 2.05) is 0 Å². The number of pyridine rings is 1. The minimum atomic E-state index is -1.37. The van der Waals surface area contributed by atoms with Gasteiger partial charge in [0.15, 0.2) is 0 Å². The monoisotopic (exact) mass is 271 g/mol. The lowest BCUT2D eigenvalue weighted by Gasteiger charge is -2.12. The number of hydrogen-bond acceptors (Lipinski definition) is 4. The predicted octanol–water partition coefficient (Wildman–Crippen LogP) is -0.207. The van der Waals surface area contributed by atoms with Gasteiger partial charge >= 0.3 is 5.97 Å². The third-order valence-corrected chi connectivity index (χ3v) is 2.20. The number of carboxylic acids is 1. The van der Waals surface area contributed by atoms with Crippen LogP contribution in [0.15, 0.2) is 18.3 Å². The van der Waals surface area contributed by atoms with Crippen molar-refractivity contribution in [1.82, 2.24) is 10.3 Å². The van der Waals surface area contributed by atoms with Gasteiger partial charge in [-0.3, -0.25) is 9.59 Å². The molecule has 0 aliphatic rings. The first-order valence-electron chi connectivity index (χ1n) is 4.83. The highest BCUT2D eigenvalue weighted by atomic mass is 35.5. The lowest BCUT2D eigenvalue weighted by Crippen LogP contribution is -2.43. The Kier molecular flexibility index (Phi) is 4.61. The lowest BCUT2D eigenvalue weighted by molar-refractivity contribution is -0.140. The van der Waals surface area contributed by atoms with Crippen LogP contribution >= 0.6 is 11.6 Å². The minimum Gasteiger partial charge on any atom is -0.480 e. The van der Waals surface area contributed by atoms with Gasteiger partial charge in [-0.2, -0.15) is 0 Å². The number of carbonyl (C=O) groups is 3. The number of amides is 2. The third-order valence-electron chi connectivity index (χ3n) is 2.00. The summed E-state index contributed by atoms with van der Waals surface area (Å²) in [5.74, 6) is -2.84. The summed E-state index contributed by atoms with van der Waals surface area (Å²) in [4.78, 5) is 36.8. The summed E-state index contributed by atoms with van der Waals surface area (Å²) in [6, 6.07) is 1.27. The fraction of sp³-hybridized carbons (Fsp3) is 0.200. The number of carbonyl (C=O) groups excluding carboxylic acids is 2. The van der Waals surface area contributed by atoms with Crippen LogP contribution in [0.3, 0.4) is 0 Å². The molecule has 0 saturated heterocycles. The molecule has 4 N–H and O–H groups in total. The molecule has 1 rings (SSSR count). The molecule has 1 aromatic heterocycles. The maximum atomic E-state index is 11.7. The van der Waals surface area contributed by atoms with Gasteiger partial charge in [-0.05, 0) is 12.1 Å². The van der Waals surface area contributed by atoms with Crippen molar-refractivity contribution in [2.75, 3.05) is 0 Å². The van der Waals surface area contributed by atoms with Crippen LogP contribution < -0.4 is 11.1 Å². The number of carboxylic acid groups (broad SMARTS) is 1. The molecule has 8 heteroatoms. The third kappa shape index (κ3) is 4.02. The Hall–Kier alpha value is -2.15. The van der Waals surface area contributed by atoms with Crippen molar-refractivity contribution >= 4 is 29.4 Å². The van der Waals surface area contributed by atoms with Crippen LogP contribution in [0.5, 0.6) is 0 Å². The van der Waals surface area contributed by atoms with Gasteiger partial charge < -0.3 is 16.2 Å². The number of halogens is 1. The highest BCUT2D eigenvalue weighted by molar-refractivity contribution is 6.29. The molecule has 0 bridgehead atoms. The van der Waals surface area contributed by atoms with Gasteiger partial charge in [0, 0.05) is 11.8 Å². The second-order valence-electron chi connectivity index (χ2n) is 3.40. The fourth-order valence-electron chi connectivity index (χ4n) is 1.19. The molecule has 0 saturated carbocycles. The number of rotatable bonds is 5. The molecule has 0 spiro atoms. The van der Waals surface area contributed by atoms with Crippen LogP contribution in [0.4, 0.5) is 0 Å². The Morgan fingerprint density at radius 1 is 1.50 bits per heavy atom. The molecule has 0 aliphatic carbocycles. The molecule has 7 nitrogen and oxygen atoms in total. The normalized spacial score (nSPS) is 11.6. The largest absolute Gasteiger partial charge is 0.480 e. The van der Waals surface area contributed by atoms with Crippen molar-refractivity contribution < 1.29 is 19.5 Å². The lowest BCUT2D eigenvalue weighted by atomic mass is 10.1. The number of nitrogens with two attached hydrogens (primary N) is 1. The van der Waals surface area contributed by atoms with E-state index in [-0.39, 0.29) is 10.7 Å². The van der Waals surface area contributed by atoms with E-state index in [9.17, 15) is 14.4 Å². The van der Waals surface area contributed by atoms with Crippen molar-refractivity contribution in [3.8, 4) is 0 Å². The number of primary amides is 1. The van der Waals surface area contributed by atoms with E-state index < -0.39 is 30.2 Å². The van der Waals surface area contributed by atoms with Crippen molar-refractivity contribution in [3.05, 3.63) is 29.0 Å². The smallest absolute Gasteiger partial charge is 0.326 e. The zero-order chi connectivity index (χ0) is 13.7. The molecular formula is C10H10ClN3O4. The van der Waals surface area contributed by atoms with Gasteiger partial charge in [-0.25, -0.2) is 9.78 Å². The Morgan fingerprint density at radius 2 is 2.17 bits per heavy atom. The van der Waals surface area contributed by atoms with E-state index in [0.717, 1.165) is 0 Å². The summed E-state index contributed by atoms with van der Waals surface area (Å²) in [5, 5.41) is 11.1. The highest BCUT2D eigenvalue weighted by Crippen LogP contribution is 2.07. The fourth-order valence-corrected chi connectivity index (χ4v) is 1.36. The number of aromatic nitrogens is 1. The van der Waals surface area contributed by atoms with Crippen LogP contribution in [-0.4, -0.2) is 33.9 Å². The highest BCUT2D eigenvalue weighted by Gasteiger charge is 2.22. The van der Waals surface area contributed by atoms with E-state index in [1.54, 1.807) is 0 Å². The number of nitrogens with zero attached hydrogens (tertiary/aromatic N) is 1. The number of hydrogen-bond donors (Lipinski definition) is 3. The van der Waals surface area contributed by atoms with Gasteiger partial charge in [-0.15, -0.1) is 0 Å². The molecule has 96 valence electrons. The summed E-state index contributed by atoms with van der Waals surface area (Å²) < 4.78 is 0. The summed E-state index contributed by atoms with van der Waals surface area (Å²) >= 11 is 5.59. The Bertz CT molecular complexity index is 492. The van der Waals surface area contributed by atoms with Crippen molar-refractivity contribution in [1.29, 1.82) is 0 Å². The minimum absolute atomic E-state index is 0.101. The first kappa shape index (κ1) is 13.9. The molecule has 0 aliphatic heterocycles. The van der Waals surface area contributed by atoms with Crippen LogP contribution in [0.1, 0.15) is 16.8 Å². The summed E-state index contributed by atoms with van der Waals surface area (Å²) in [6.07, 6.45) is 0.820. The number of aliphatic carboxylic acids is 1. The second kappa shape index (κ2) is 5.97. The number of nitrogens with one attached hydrogen (secondary N) is 1. The molecule has 1 aromatic rings. The van der Waals surface area contributed by atoms with E-state index in [0.29, 0.717) is 0 Å². The maximum Gasteiger partial charge on any atom is 0.326 e. The van der Waals surface area contributed by atoms with Crippen molar-refractivity contribution in [3.63, 3.8) is 0 Å². The summed E-state index contributed by atoms with van der Waals surface area (Å²) in [7, 11) is 0. The quantitative estimate of drug-likeness (QED) is 0.640. The molecule has 0 fully saturated rings. The molecule has 0 unspecified atom stereocenters. The van der Waals surface area contributed by atoms with Crippen LogP contribution in [-0.2, 0) is 9.59 Å². The van der Waals surface area contributed by atoms with Crippen LogP contribution in [0.25, 0.3) is 0 Å². The molecule has 1 atom stereocenters. The SMILES string of the molecule is NC(=O)C[C@H](NC(=O)c1ccnc(Cl)c1)C(=O)O. The molecule has 2 amide bonds. The Morgan fingerprint density at radius 3 is 2.67 bits per heavy atom. The van der Waals surface area contributed by atoms with Crippen molar-refractivity contribution in [2.45, 2.75) is 12.5 Å². The summed E-state index contributed by atoms with van der Waals surface area (Å²) in [6.45, 7) is 0. The van der Waals surface area contributed by atoms with Gasteiger partial charge in [0.25, 0.3) is 5.91 Å². The standard InChI is InChI=1S/C10H10ClN3O4/c11-7-3-5(1-2-13-7)9(16)14-6(10(17)18)4-8(12)15/h1-3,6H,4H2,(H2,12,15)(H,14,16)(H,17,18)/t6-/m0/s1. The first-order valence-corrected chi connectivity index (χ1v) is 5.21.